The Kier molecular flexibility index (Phi) is 22.7. The number of non-ortho nitro benzene ring substituents is 2. The summed E-state index contributed by atoms with van der Waals surface area (Å²) in [6, 6.07) is 135. The first kappa shape index (κ1) is 71.1. The van der Waals surface area contributed by atoms with Crippen LogP contribution in [0.5, 0.6) is 5.75 Å². The summed E-state index contributed by atoms with van der Waals surface area (Å²) in [7, 11) is 7.62. The molecule has 0 heterocycles. The molecule has 0 aliphatic carbocycles. The number of hydrogen-bond acceptors (Lipinski definition) is 11. The van der Waals surface area contributed by atoms with Crippen molar-refractivity contribution in [2.75, 3.05) is 57.7 Å². The molecule has 0 spiro atoms. The zero-order valence-corrected chi connectivity index (χ0v) is 59.7. The molecule has 107 heavy (non-hydrogen) atoms. The zero-order valence-electron chi connectivity index (χ0n) is 59.7. The van der Waals surface area contributed by atoms with Crippen LogP contribution in [0.4, 0.5) is 96.7 Å². The molecule has 0 atom stereocenters. The molecule has 15 aromatic carbocycles. The first-order valence-corrected chi connectivity index (χ1v) is 35.1. The number of rotatable bonds is 21. The van der Waals surface area contributed by atoms with Crippen LogP contribution in [-0.4, -0.2) is 38.1 Å². The molecule has 15 rings (SSSR count). The number of nitrogens with zero attached hydrogens (tertiary/aromatic N) is 8. The van der Waals surface area contributed by atoms with Gasteiger partial charge in [0.1, 0.15) is 5.75 Å². The van der Waals surface area contributed by atoms with Crippen molar-refractivity contribution < 1.29 is 14.6 Å². The summed E-state index contributed by atoms with van der Waals surface area (Å²) in [5, 5.41) is 22.0. The summed E-state index contributed by atoms with van der Waals surface area (Å²) in [4.78, 5) is 34.1. The van der Waals surface area contributed by atoms with Crippen molar-refractivity contribution >= 4 is 96.7 Å². The summed E-state index contributed by atoms with van der Waals surface area (Å²) in [6.45, 7) is 0. The van der Waals surface area contributed by atoms with E-state index in [2.05, 4.69) is 288 Å². The van der Waals surface area contributed by atoms with Gasteiger partial charge < -0.3 is 34.1 Å². The molecule has 13 nitrogen and oxygen atoms in total. The van der Waals surface area contributed by atoms with E-state index < -0.39 is 0 Å². The molecule has 15 aromatic rings. The van der Waals surface area contributed by atoms with Crippen molar-refractivity contribution in [3.05, 3.63) is 421 Å². The normalized spacial score (nSPS) is 10.6. The van der Waals surface area contributed by atoms with Gasteiger partial charge in [-0.05, 0) is 209 Å². The lowest BCUT2D eigenvalue weighted by Gasteiger charge is -2.25. The monoisotopic (exact) mass is 1400 g/mol. The molecule has 0 radical (unpaired) electrons. The van der Waals surface area contributed by atoms with Crippen LogP contribution in [0.25, 0.3) is 33.4 Å². The second-order valence-corrected chi connectivity index (χ2v) is 25.2. The number of methoxy groups -OCH3 is 1. The van der Waals surface area contributed by atoms with Crippen molar-refractivity contribution in [3.63, 3.8) is 0 Å². The predicted octanol–water partition coefficient (Wildman–Crippen LogP) is 25.6. The molecule has 13 heteroatoms. The number of hydrogen-bond donors (Lipinski definition) is 0. The van der Waals surface area contributed by atoms with Gasteiger partial charge in [-0.1, -0.05) is 194 Å². The van der Waals surface area contributed by atoms with Gasteiger partial charge >= 0.3 is 0 Å². The van der Waals surface area contributed by atoms with E-state index in [4.69, 9.17) is 4.74 Å². The van der Waals surface area contributed by atoms with E-state index >= 15 is 0 Å². The number of anilines is 15. The van der Waals surface area contributed by atoms with Crippen LogP contribution in [-0.2, 0) is 0 Å². The predicted molar refractivity (Wildman–Crippen MR) is 443 cm³/mol. The molecule has 524 valence electrons. The molecule has 0 aliphatic heterocycles. The van der Waals surface area contributed by atoms with Gasteiger partial charge in [0, 0.05) is 137 Å². The van der Waals surface area contributed by atoms with Crippen LogP contribution >= 0.6 is 0 Å². The van der Waals surface area contributed by atoms with E-state index in [-0.39, 0.29) is 21.2 Å². The Morgan fingerprint density at radius 3 is 0.673 bits per heavy atom. The lowest BCUT2D eigenvalue weighted by atomic mass is 10.0. The maximum atomic E-state index is 11.1. The summed E-state index contributed by atoms with van der Waals surface area (Å²) < 4.78 is 5.37. The molecular formula is C94H78N8O5. The maximum Gasteiger partial charge on any atom is 0.271 e. The van der Waals surface area contributed by atoms with Crippen molar-refractivity contribution in [3.8, 4) is 39.1 Å². The Bertz CT molecular complexity index is 5210. The standard InChI is InChI=1S/C32H28N2O.2C31H25N3O2/c1-33(31-14-9-15-32(24-31)35-2)27-20-16-25(17-21-27)26-18-22-30(23-19-26)34(28-10-5-3-6-11-28)29-12-7-4-8-13-29;1-32(30-13-8-14-31(23-30)34(35)36)26-19-15-24(16-20-26)25-17-21-29(22-18-25)33(27-9-4-2-5-10-27)28-11-6-3-7-12-28;1-32(27-20-22-31(23-21-27)34(35)36)26-16-12-24(13-17-26)25-14-18-30(19-15-25)33(28-8-4-2-5-9-28)29-10-6-3-7-11-29/h3-24H,1-2H3;2*2-23H,1H3. The molecule has 0 aromatic heterocycles. The number of nitro groups is 2. The quantitative estimate of drug-likeness (QED) is 0.0506. The van der Waals surface area contributed by atoms with Gasteiger partial charge in [0.2, 0.25) is 0 Å². The van der Waals surface area contributed by atoms with Crippen LogP contribution in [0.15, 0.2) is 400 Å². The minimum Gasteiger partial charge on any atom is -0.497 e. The number of nitro benzene ring substituents is 2. The van der Waals surface area contributed by atoms with E-state index in [1.54, 1.807) is 31.4 Å². The summed E-state index contributed by atoms with van der Waals surface area (Å²) in [5.41, 5.74) is 22.8. The smallest absolute Gasteiger partial charge is 0.271 e. The molecule has 0 aliphatic rings. The summed E-state index contributed by atoms with van der Waals surface area (Å²) in [5.74, 6) is 0.853. The maximum absolute atomic E-state index is 11.1. The average molecular weight is 1400 g/mol. The molecule has 0 unspecified atom stereocenters. The van der Waals surface area contributed by atoms with Gasteiger partial charge in [0.15, 0.2) is 0 Å². The Morgan fingerprint density at radius 1 is 0.215 bits per heavy atom. The van der Waals surface area contributed by atoms with Gasteiger partial charge in [-0.15, -0.1) is 0 Å². The third-order valence-electron chi connectivity index (χ3n) is 18.5. The highest BCUT2D eigenvalue weighted by Crippen LogP contribution is 2.41. The van der Waals surface area contributed by atoms with Gasteiger partial charge in [0.25, 0.3) is 11.4 Å². The number of para-hydroxylation sites is 6. The Hall–Kier alpha value is -14.3. The largest absolute Gasteiger partial charge is 0.497 e. The van der Waals surface area contributed by atoms with E-state index in [1.165, 1.54) is 29.3 Å². The average Bonchev–Trinajstić information content (AvgIpc) is 0.812. The Labute approximate surface area is 625 Å². The van der Waals surface area contributed by atoms with Crippen LogP contribution in [0.2, 0.25) is 0 Å². The van der Waals surface area contributed by atoms with E-state index in [0.29, 0.717) is 0 Å². The second kappa shape index (κ2) is 34.1. The van der Waals surface area contributed by atoms with Gasteiger partial charge in [0.05, 0.1) is 17.0 Å². The molecule has 0 amide bonds. The fourth-order valence-electron chi connectivity index (χ4n) is 12.7. The highest BCUT2D eigenvalue weighted by molar-refractivity contribution is 5.83. The van der Waals surface area contributed by atoms with E-state index in [1.807, 2.05) is 121 Å². The Morgan fingerprint density at radius 2 is 0.421 bits per heavy atom. The van der Waals surface area contributed by atoms with Crippen LogP contribution in [0.1, 0.15) is 0 Å². The lowest BCUT2D eigenvalue weighted by Crippen LogP contribution is -2.09. The van der Waals surface area contributed by atoms with Crippen molar-refractivity contribution in [1.29, 1.82) is 0 Å². The highest BCUT2D eigenvalue weighted by atomic mass is 16.6. The summed E-state index contributed by atoms with van der Waals surface area (Å²) >= 11 is 0. The number of benzene rings is 15. The highest BCUT2D eigenvalue weighted by Gasteiger charge is 2.18. The van der Waals surface area contributed by atoms with Crippen molar-refractivity contribution in [2.45, 2.75) is 0 Å². The van der Waals surface area contributed by atoms with Crippen LogP contribution in [0.3, 0.4) is 0 Å². The van der Waals surface area contributed by atoms with Gasteiger partial charge in [-0.2, -0.15) is 0 Å². The second-order valence-electron chi connectivity index (χ2n) is 25.2. The first-order chi connectivity index (χ1) is 52.4. The number of ether oxygens (including phenoxy) is 1. The van der Waals surface area contributed by atoms with E-state index in [9.17, 15) is 20.2 Å². The lowest BCUT2D eigenvalue weighted by molar-refractivity contribution is -0.385. The Balaban J connectivity index is 0.000000142. The molecule has 0 bridgehead atoms. The third kappa shape index (κ3) is 17.4. The molecular weight excluding hydrogens is 1320 g/mol. The van der Waals surface area contributed by atoms with Crippen molar-refractivity contribution in [2.24, 2.45) is 0 Å². The van der Waals surface area contributed by atoms with Crippen molar-refractivity contribution in [1.82, 2.24) is 0 Å². The molecule has 0 saturated heterocycles. The van der Waals surface area contributed by atoms with E-state index in [0.717, 1.165) is 113 Å². The fraction of sp³-hybridized carbons (Fsp3) is 0.0426. The zero-order chi connectivity index (χ0) is 73.9. The topological polar surface area (TPSA) is 115 Å². The molecule has 0 fully saturated rings. The fourth-order valence-corrected chi connectivity index (χ4v) is 12.7. The minimum absolute atomic E-state index is 0.0797. The van der Waals surface area contributed by atoms with Crippen LogP contribution in [0, 0.1) is 20.2 Å². The van der Waals surface area contributed by atoms with Gasteiger partial charge in [-0.3, -0.25) is 20.2 Å². The van der Waals surface area contributed by atoms with Crippen LogP contribution < -0.4 is 34.1 Å². The SMILES string of the molecule is CN(c1ccc(-c2ccc(N(c3ccccc3)c3ccccc3)cc2)cc1)c1ccc([N+](=O)[O-])cc1.CN(c1ccc(-c2ccc(N(c3ccccc3)c3ccccc3)cc2)cc1)c1cccc([N+](=O)[O-])c1.COc1cccc(N(C)c2ccc(-c3ccc(N(c4ccccc4)c4ccccc4)cc3)cc2)c1. The minimum atomic E-state index is -0.386. The molecule has 0 saturated carbocycles. The van der Waals surface area contributed by atoms with Gasteiger partial charge in [-0.25, -0.2) is 0 Å². The first-order valence-electron chi connectivity index (χ1n) is 35.1. The summed E-state index contributed by atoms with van der Waals surface area (Å²) in [6.07, 6.45) is 0. The molecule has 0 N–H and O–H groups in total. The third-order valence-corrected chi connectivity index (χ3v) is 18.5.